The van der Waals surface area contributed by atoms with Gasteiger partial charge in [-0.05, 0) is 41.7 Å². The van der Waals surface area contributed by atoms with Gasteiger partial charge in [-0.15, -0.1) is 0 Å². The van der Waals surface area contributed by atoms with Crippen LogP contribution in [0.25, 0.3) is 11.1 Å². The third kappa shape index (κ3) is 3.68. The van der Waals surface area contributed by atoms with Gasteiger partial charge in [0.2, 0.25) is 0 Å². The molecule has 0 aliphatic heterocycles. The number of methoxy groups -OCH3 is 1. The van der Waals surface area contributed by atoms with Crippen molar-refractivity contribution in [3.63, 3.8) is 0 Å². The summed E-state index contributed by atoms with van der Waals surface area (Å²) in [6.07, 6.45) is 1.87. The lowest BCUT2D eigenvalue weighted by Gasteiger charge is -2.16. The van der Waals surface area contributed by atoms with E-state index in [1.54, 1.807) is 7.11 Å². The lowest BCUT2D eigenvalue weighted by atomic mass is 9.99. The molecule has 1 fully saturated rings. The molecule has 2 aromatic rings. The number of nitrogens with one attached hydrogen (secondary N) is 1. The van der Waals surface area contributed by atoms with Crippen LogP contribution in [0.15, 0.2) is 48.5 Å². The number of carbonyl (C=O) groups is 1. The van der Waals surface area contributed by atoms with Crippen LogP contribution < -0.4 is 15.8 Å². The Kier molecular flexibility index (Phi) is 4.71. The van der Waals surface area contributed by atoms with E-state index >= 15 is 0 Å². The van der Waals surface area contributed by atoms with Gasteiger partial charge in [-0.3, -0.25) is 0 Å². The molecule has 24 heavy (non-hydrogen) atoms. The van der Waals surface area contributed by atoms with Crippen LogP contribution in [0.4, 0.5) is 4.79 Å². The third-order valence-electron chi connectivity index (χ3n) is 4.29. The topological polar surface area (TPSA) is 73.6 Å². The predicted octanol–water partition coefficient (Wildman–Crippen LogP) is 3.04. The van der Waals surface area contributed by atoms with Crippen molar-refractivity contribution in [1.82, 2.24) is 5.32 Å². The highest BCUT2D eigenvalue weighted by molar-refractivity contribution is 5.74. The van der Waals surface area contributed by atoms with Crippen LogP contribution in [0.5, 0.6) is 5.75 Å². The van der Waals surface area contributed by atoms with E-state index in [0.717, 1.165) is 35.3 Å². The monoisotopic (exact) mass is 326 g/mol. The molecule has 3 N–H and O–H groups in total. The molecule has 1 saturated carbocycles. The largest absolute Gasteiger partial charge is 0.491 e. The zero-order chi connectivity index (χ0) is 17.0. The first-order chi connectivity index (χ1) is 11.6. The average Bonchev–Trinajstić information content (AvgIpc) is 3.36. The number of benzene rings is 2. The maximum atomic E-state index is 11.1. The van der Waals surface area contributed by atoms with Crippen LogP contribution in [0.3, 0.4) is 0 Å². The van der Waals surface area contributed by atoms with E-state index in [4.69, 9.17) is 15.2 Å². The molecule has 126 valence electrons. The molecular formula is C19H22N2O3. The van der Waals surface area contributed by atoms with Gasteiger partial charge in [0, 0.05) is 7.11 Å². The Morgan fingerprint density at radius 1 is 1.04 bits per heavy atom. The molecule has 5 nitrogen and oxygen atoms in total. The Balaban J connectivity index is 1.68. The van der Waals surface area contributed by atoms with Gasteiger partial charge in [-0.2, -0.15) is 0 Å². The molecule has 0 saturated heterocycles. The number of rotatable bonds is 7. The van der Waals surface area contributed by atoms with E-state index in [9.17, 15) is 4.79 Å². The Morgan fingerprint density at radius 3 is 2.12 bits per heavy atom. The summed E-state index contributed by atoms with van der Waals surface area (Å²) in [5.74, 6) is 0.829. The van der Waals surface area contributed by atoms with Gasteiger partial charge in [0.1, 0.15) is 12.4 Å². The Labute approximate surface area is 141 Å². The standard InChI is InChI=1S/C19H22N2O3/c1-23-12-13-24-17-8-4-15(5-9-17)14-2-6-16(7-3-14)19(10-11-19)21-18(20)22/h2-9H,10-13H2,1H3,(H3,20,21,22). The van der Waals surface area contributed by atoms with Crippen LogP contribution in [0.1, 0.15) is 18.4 Å². The molecule has 0 bridgehead atoms. The lowest BCUT2D eigenvalue weighted by Crippen LogP contribution is -2.38. The van der Waals surface area contributed by atoms with Crippen molar-refractivity contribution in [1.29, 1.82) is 0 Å². The highest BCUT2D eigenvalue weighted by atomic mass is 16.5. The van der Waals surface area contributed by atoms with Gasteiger partial charge in [0.15, 0.2) is 0 Å². The van der Waals surface area contributed by atoms with E-state index in [1.807, 2.05) is 24.3 Å². The second kappa shape index (κ2) is 6.93. The van der Waals surface area contributed by atoms with Crippen LogP contribution in [-0.2, 0) is 10.3 Å². The number of hydrogen-bond donors (Lipinski definition) is 2. The summed E-state index contributed by atoms with van der Waals surface area (Å²) in [4.78, 5) is 11.1. The normalized spacial score (nSPS) is 14.9. The highest BCUT2D eigenvalue weighted by Crippen LogP contribution is 2.45. The van der Waals surface area contributed by atoms with Gasteiger partial charge >= 0.3 is 6.03 Å². The molecule has 0 unspecified atom stereocenters. The number of primary amides is 1. The maximum Gasteiger partial charge on any atom is 0.312 e. The van der Waals surface area contributed by atoms with Crippen LogP contribution in [-0.4, -0.2) is 26.4 Å². The van der Waals surface area contributed by atoms with Gasteiger partial charge in [-0.1, -0.05) is 36.4 Å². The lowest BCUT2D eigenvalue weighted by molar-refractivity contribution is 0.146. The van der Waals surface area contributed by atoms with E-state index < -0.39 is 6.03 Å². The van der Waals surface area contributed by atoms with Crippen molar-refractivity contribution in [2.45, 2.75) is 18.4 Å². The van der Waals surface area contributed by atoms with Crippen molar-refractivity contribution >= 4 is 6.03 Å². The maximum absolute atomic E-state index is 11.1. The summed E-state index contributed by atoms with van der Waals surface area (Å²) in [6.45, 7) is 1.11. The van der Waals surface area contributed by atoms with E-state index in [-0.39, 0.29) is 5.54 Å². The zero-order valence-corrected chi connectivity index (χ0v) is 13.7. The van der Waals surface area contributed by atoms with Gasteiger partial charge in [0.05, 0.1) is 12.1 Å². The van der Waals surface area contributed by atoms with Crippen molar-refractivity contribution < 1.29 is 14.3 Å². The SMILES string of the molecule is COCCOc1ccc(-c2ccc(C3(NC(N)=O)CC3)cc2)cc1. The Hall–Kier alpha value is -2.53. The first kappa shape index (κ1) is 16.3. The fourth-order valence-corrected chi connectivity index (χ4v) is 2.81. The fourth-order valence-electron chi connectivity index (χ4n) is 2.81. The van der Waals surface area contributed by atoms with Crippen molar-refractivity contribution in [2.24, 2.45) is 5.73 Å². The highest BCUT2D eigenvalue weighted by Gasteiger charge is 2.45. The summed E-state index contributed by atoms with van der Waals surface area (Å²) < 4.78 is 10.5. The summed E-state index contributed by atoms with van der Waals surface area (Å²) in [5.41, 5.74) is 8.35. The summed E-state index contributed by atoms with van der Waals surface area (Å²) >= 11 is 0. The second-order valence-electron chi connectivity index (χ2n) is 6.01. The summed E-state index contributed by atoms with van der Waals surface area (Å²) in [5, 5.41) is 2.85. The summed E-state index contributed by atoms with van der Waals surface area (Å²) in [6, 6.07) is 15.8. The predicted molar refractivity (Wildman–Crippen MR) is 92.9 cm³/mol. The first-order valence-corrected chi connectivity index (χ1v) is 8.03. The van der Waals surface area contributed by atoms with Crippen molar-refractivity contribution in [3.05, 3.63) is 54.1 Å². The molecule has 0 spiro atoms. The molecule has 2 amide bonds. The molecule has 5 heteroatoms. The van der Waals surface area contributed by atoms with E-state index in [1.165, 1.54) is 0 Å². The van der Waals surface area contributed by atoms with E-state index in [2.05, 4.69) is 29.6 Å². The minimum atomic E-state index is -0.472. The quantitative estimate of drug-likeness (QED) is 0.768. The Morgan fingerprint density at radius 2 is 1.62 bits per heavy atom. The van der Waals surface area contributed by atoms with Gasteiger partial charge < -0.3 is 20.5 Å². The van der Waals surface area contributed by atoms with Crippen LogP contribution >= 0.6 is 0 Å². The first-order valence-electron chi connectivity index (χ1n) is 8.03. The van der Waals surface area contributed by atoms with Crippen molar-refractivity contribution in [3.8, 4) is 16.9 Å². The molecule has 1 aliphatic rings. The molecule has 0 heterocycles. The van der Waals surface area contributed by atoms with Crippen LogP contribution in [0.2, 0.25) is 0 Å². The van der Waals surface area contributed by atoms with E-state index in [0.29, 0.717) is 13.2 Å². The number of nitrogens with two attached hydrogens (primary N) is 1. The summed E-state index contributed by atoms with van der Waals surface area (Å²) in [7, 11) is 1.65. The van der Waals surface area contributed by atoms with Gasteiger partial charge in [-0.25, -0.2) is 4.79 Å². The number of amides is 2. The average molecular weight is 326 g/mol. The smallest absolute Gasteiger partial charge is 0.312 e. The number of carbonyl (C=O) groups excluding carboxylic acids is 1. The molecular weight excluding hydrogens is 304 g/mol. The van der Waals surface area contributed by atoms with Gasteiger partial charge in [0.25, 0.3) is 0 Å². The molecule has 3 rings (SSSR count). The van der Waals surface area contributed by atoms with Crippen molar-refractivity contribution in [2.75, 3.05) is 20.3 Å². The fraction of sp³-hybridized carbons (Fsp3) is 0.316. The molecule has 2 aromatic carbocycles. The molecule has 0 radical (unpaired) electrons. The van der Waals surface area contributed by atoms with Crippen LogP contribution in [0, 0.1) is 0 Å². The minimum absolute atomic E-state index is 0.261. The number of hydrogen-bond acceptors (Lipinski definition) is 3. The molecule has 0 aromatic heterocycles. The second-order valence-corrected chi connectivity index (χ2v) is 6.01. The number of ether oxygens (including phenoxy) is 2. The Bertz CT molecular complexity index is 692. The number of urea groups is 1. The molecule has 0 atom stereocenters. The molecule has 1 aliphatic carbocycles. The minimum Gasteiger partial charge on any atom is -0.491 e. The third-order valence-corrected chi connectivity index (χ3v) is 4.29. The zero-order valence-electron chi connectivity index (χ0n) is 13.7.